The van der Waals surface area contributed by atoms with Crippen molar-refractivity contribution in [3.8, 4) is 0 Å². The third-order valence-corrected chi connectivity index (χ3v) is 9.85. The van der Waals surface area contributed by atoms with Crippen LogP contribution in [-0.2, 0) is 48.2 Å². The van der Waals surface area contributed by atoms with Crippen molar-refractivity contribution in [1.82, 2.24) is 14.0 Å². The van der Waals surface area contributed by atoms with Crippen molar-refractivity contribution < 1.29 is 38.6 Å². The molecule has 286 valence electrons. The van der Waals surface area contributed by atoms with Gasteiger partial charge in [0.15, 0.2) is 0 Å². The summed E-state index contributed by atoms with van der Waals surface area (Å²) in [7, 11) is 1.97. The number of fused-ring (bicyclic) bond motifs is 2. The fraction of sp³-hybridized carbons (Fsp3) is 0.325. The van der Waals surface area contributed by atoms with Crippen molar-refractivity contribution in [3.05, 3.63) is 117 Å². The summed E-state index contributed by atoms with van der Waals surface area (Å²) in [6.45, 7) is 4.16. The molecule has 0 spiro atoms. The van der Waals surface area contributed by atoms with Crippen LogP contribution in [0.5, 0.6) is 0 Å². The highest BCUT2D eigenvalue weighted by atomic mass is 16.6. The lowest BCUT2D eigenvalue weighted by atomic mass is 9.77. The lowest BCUT2D eigenvalue weighted by Gasteiger charge is -2.26. The van der Waals surface area contributed by atoms with Crippen molar-refractivity contribution in [3.63, 3.8) is 0 Å². The third-order valence-electron chi connectivity index (χ3n) is 9.85. The molecule has 0 saturated carbocycles. The van der Waals surface area contributed by atoms with Gasteiger partial charge in [-0.2, -0.15) is 0 Å². The lowest BCUT2D eigenvalue weighted by Crippen LogP contribution is -2.45. The van der Waals surface area contributed by atoms with Gasteiger partial charge in [0, 0.05) is 62.9 Å². The first kappa shape index (κ1) is 39.1. The minimum absolute atomic E-state index is 0.0479. The van der Waals surface area contributed by atoms with Crippen LogP contribution >= 0.6 is 0 Å². The van der Waals surface area contributed by atoms with E-state index in [2.05, 4.69) is 4.90 Å². The number of aryl methyl sites for hydroxylation is 1. The average Bonchev–Trinajstić information content (AvgIpc) is 3.55. The summed E-state index contributed by atoms with van der Waals surface area (Å²) in [6.07, 6.45) is -1.26. The molecule has 0 aliphatic carbocycles. The Kier molecular flexibility index (Phi) is 11.7. The zero-order chi connectivity index (χ0) is 39.6. The van der Waals surface area contributed by atoms with Crippen LogP contribution in [0, 0.1) is 6.92 Å². The quantitative estimate of drug-likeness (QED) is 0.109. The summed E-state index contributed by atoms with van der Waals surface area (Å²) in [6, 6.07) is 22.6. The molecular weight excluding hydrogens is 707 g/mol. The molecule has 2 N–H and O–H groups in total. The van der Waals surface area contributed by atoms with Gasteiger partial charge in [0.1, 0.15) is 31.6 Å². The number of esters is 2. The number of likely N-dealkylation sites (N-methyl/N-ethyl adjacent to an activating group) is 1. The van der Waals surface area contributed by atoms with Crippen LogP contribution in [0.2, 0.25) is 0 Å². The molecule has 14 nitrogen and oxygen atoms in total. The molecule has 0 unspecified atom stereocenters. The van der Waals surface area contributed by atoms with Crippen LogP contribution in [0.15, 0.2) is 88.6 Å². The Hall–Kier alpha value is -5.61. The summed E-state index contributed by atoms with van der Waals surface area (Å²) in [5.41, 5.74) is 1.59. The topological polar surface area (TPSA) is 170 Å². The van der Waals surface area contributed by atoms with E-state index in [9.17, 15) is 34.0 Å². The molecule has 15 heteroatoms. The minimum atomic E-state index is -1.60. The van der Waals surface area contributed by atoms with Crippen LogP contribution in [0.3, 0.4) is 0 Å². The number of benzene rings is 4. The molecule has 0 radical (unpaired) electrons. The Balaban J connectivity index is 1.33. The second kappa shape index (κ2) is 16.4. The molecular formula is C40H43BN4O10. The minimum Gasteiger partial charge on any atom is -0.463 e. The normalized spacial score (nSPS) is 16.8. The van der Waals surface area contributed by atoms with Gasteiger partial charge in [-0.05, 0) is 41.3 Å². The fourth-order valence-electron chi connectivity index (χ4n) is 7.30. The van der Waals surface area contributed by atoms with Crippen molar-refractivity contribution >= 4 is 57.7 Å². The number of hydrogen-bond acceptors (Lipinski definition) is 11. The van der Waals surface area contributed by atoms with Crippen LogP contribution in [0.25, 0.3) is 21.5 Å². The highest BCUT2D eigenvalue weighted by molar-refractivity contribution is 6.59. The maximum atomic E-state index is 14.2. The van der Waals surface area contributed by atoms with Crippen molar-refractivity contribution in [1.29, 1.82) is 0 Å². The second-order valence-electron chi connectivity index (χ2n) is 13.8. The van der Waals surface area contributed by atoms with Gasteiger partial charge in [0.05, 0.1) is 5.69 Å². The number of amides is 1. The van der Waals surface area contributed by atoms with E-state index in [4.69, 9.17) is 14.2 Å². The van der Waals surface area contributed by atoms with E-state index >= 15 is 0 Å². The predicted molar refractivity (Wildman–Crippen MR) is 207 cm³/mol. The maximum absolute atomic E-state index is 14.2. The Morgan fingerprint density at radius 3 is 2.07 bits per heavy atom. The van der Waals surface area contributed by atoms with Crippen LogP contribution in [0.1, 0.15) is 43.2 Å². The van der Waals surface area contributed by atoms with Crippen molar-refractivity contribution in [2.24, 2.45) is 0 Å². The van der Waals surface area contributed by atoms with Gasteiger partial charge in [-0.1, -0.05) is 72.8 Å². The molecule has 1 amide bonds. The molecule has 4 aromatic carbocycles. The van der Waals surface area contributed by atoms with Gasteiger partial charge < -0.3 is 29.2 Å². The summed E-state index contributed by atoms with van der Waals surface area (Å²) >= 11 is 0. The summed E-state index contributed by atoms with van der Waals surface area (Å²) in [5.74, 6) is -1.65. The highest BCUT2D eigenvalue weighted by Gasteiger charge is 2.40. The number of nitrogens with zero attached hydrogens (tertiary/aromatic N) is 4. The SMILES string of the molecule is CC(=O)OC[C@H]1O[C@@H](n2cc(C)c(=O)n(CC(=O)N(C)c3c4ccccc4c(CN(C)Cc4ccccc4B(O)O)c4ccccc34)c2=O)C[C@@H]1OC(C)=O. The van der Waals surface area contributed by atoms with E-state index in [0.29, 0.717) is 24.2 Å². The molecule has 1 saturated heterocycles. The molecule has 1 aliphatic rings. The third kappa shape index (κ3) is 8.25. The number of anilines is 1. The molecule has 2 heterocycles. The van der Waals surface area contributed by atoms with E-state index in [1.165, 1.54) is 36.4 Å². The van der Waals surface area contributed by atoms with Crippen LogP contribution < -0.4 is 21.6 Å². The predicted octanol–water partition coefficient (Wildman–Crippen LogP) is 2.38. The Morgan fingerprint density at radius 1 is 0.873 bits per heavy atom. The standard InChI is InChI=1S/C40H43BN4O10/c1-24-19-44(37-18-34(54-26(3)47)35(55-37)23-53-25(2)46)40(50)45(39(24)49)22-36(48)43(5)38-30-15-9-7-13-28(30)32(29-14-8-10-16-31(29)38)21-42(4)20-27-12-6-11-17-33(27)41(51)52/h6-17,19,34-35,37,51-52H,18,20-23H2,1-5H3/t34-,35+,37+/m0/s1. The molecule has 1 aromatic heterocycles. The van der Waals surface area contributed by atoms with E-state index < -0.39 is 61.2 Å². The number of rotatable bonds is 12. The number of ether oxygens (including phenoxy) is 3. The smallest absolute Gasteiger partial charge is 0.463 e. The number of carbonyl (C=O) groups excluding carboxylic acids is 3. The summed E-state index contributed by atoms with van der Waals surface area (Å²) in [5, 5.41) is 23.2. The van der Waals surface area contributed by atoms with Crippen molar-refractivity contribution in [2.75, 3.05) is 25.6 Å². The van der Waals surface area contributed by atoms with E-state index in [1.807, 2.05) is 67.7 Å². The molecule has 1 aliphatic heterocycles. The Bertz CT molecular complexity index is 2340. The Morgan fingerprint density at radius 2 is 1.47 bits per heavy atom. The lowest BCUT2D eigenvalue weighted by molar-refractivity contribution is -0.155. The molecule has 3 atom stereocenters. The van der Waals surface area contributed by atoms with Crippen LogP contribution in [0.4, 0.5) is 5.69 Å². The zero-order valence-corrected chi connectivity index (χ0v) is 31.3. The van der Waals surface area contributed by atoms with E-state index in [1.54, 1.807) is 19.2 Å². The molecule has 5 aromatic rings. The van der Waals surface area contributed by atoms with Gasteiger partial charge in [0.2, 0.25) is 5.91 Å². The molecule has 6 rings (SSSR count). The molecule has 1 fully saturated rings. The van der Waals surface area contributed by atoms with E-state index in [0.717, 1.165) is 37.2 Å². The number of hydrogen-bond donors (Lipinski definition) is 2. The Labute approximate surface area is 317 Å². The molecule has 55 heavy (non-hydrogen) atoms. The first-order valence-corrected chi connectivity index (χ1v) is 17.8. The average molecular weight is 751 g/mol. The van der Waals surface area contributed by atoms with Crippen LogP contribution in [-0.4, -0.2) is 82.0 Å². The number of aromatic nitrogens is 2. The maximum Gasteiger partial charge on any atom is 0.488 e. The van der Waals surface area contributed by atoms with Gasteiger partial charge in [0.25, 0.3) is 5.56 Å². The van der Waals surface area contributed by atoms with Gasteiger partial charge in [-0.25, -0.2) is 4.79 Å². The van der Waals surface area contributed by atoms with Crippen molar-refractivity contribution in [2.45, 2.75) is 65.3 Å². The van der Waals surface area contributed by atoms with Gasteiger partial charge in [-0.15, -0.1) is 0 Å². The second-order valence-corrected chi connectivity index (χ2v) is 13.8. The van der Waals surface area contributed by atoms with E-state index in [-0.39, 0.29) is 18.6 Å². The summed E-state index contributed by atoms with van der Waals surface area (Å²) in [4.78, 5) is 68.4. The summed E-state index contributed by atoms with van der Waals surface area (Å²) < 4.78 is 18.6. The van der Waals surface area contributed by atoms with Gasteiger partial charge in [-0.3, -0.25) is 33.2 Å². The first-order valence-electron chi connectivity index (χ1n) is 17.8. The fourth-order valence-corrected chi connectivity index (χ4v) is 7.30. The zero-order valence-electron chi connectivity index (χ0n) is 31.3. The first-order chi connectivity index (χ1) is 26.2. The van der Waals surface area contributed by atoms with Gasteiger partial charge >= 0.3 is 24.7 Å². The molecule has 0 bridgehead atoms. The highest BCUT2D eigenvalue weighted by Crippen LogP contribution is 2.39. The largest absolute Gasteiger partial charge is 0.488 e. The monoisotopic (exact) mass is 750 g/mol. The number of carbonyl (C=O) groups is 3.